The third-order valence-electron chi connectivity index (χ3n) is 3.88. The average molecular weight is 261 g/mol. The molecule has 0 spiro atoms. The highest BCUT2D eigenvalue weighted by atomic mass is 16.5. The number of hydrogen-bond acceptors (Lipinski definition) is 4. The number of piperazine rings is 1. The van der Waals surface area contributed by atoms with Crippen LogP contribution in [0.2, 0.25) is 0 Å². The van der Waals surface area contributed by atoms with Crippen molar-refractivity contribution in [3.05, 3.63) is 23.8 Å². The van der Waals surface area contributed by atoms with Crippen molar-refractivity contribution in [2.75, 3.05) is 51.2 Å². The zero-order valence-corrected chi connectivity index (χ0v) is 11.5. The Balaban J connectivity index is 1.49. The number of nitrogens with zero attached hydrogens (tertiary/aromatic N) is 1. The summed E-state index contributed by atoms with van der Waals surface area (Å²) in [6, 6.07) is 6.47. The number of rotatable bonds is 4. The first-order valence-corrected chi connectivity index (χ1v) is 7.34. The lowest BCUT2D eigenvalue weighted by atomic mass is 10.1. The van der Waals surface area contributed by atoms with Gasteiger partial charge in [-0.2, -0.15) is 0 Å². The molecule has 104 valence electrons. The topological polar surface area (TPSA) is 36.5 Å². The molecule has 19 heavy (non-hydrogen) atoms. The van der Waals surface area contributed by atoms with Gasteiger partial charge in [-0.15, -0.1) is 0 Å². The second-order valence-corrected chi connectivity index (χ2v) is 5.29. The van der Waals surface area contributed by atoms with E-state index in [0.717, 1.165) is 51.4 Å². The average Bonchev–Trinajstić information content (AvgIpc) is 2.48. The molecule has 0 unspecified atom stereocenters. The van der Waals surface area contributed by atoms with Crippen LogP contribution in [0.4, 0.5) is 5.69 Å². The molecule has 1 aromatic rings. The molecule has 0 aromatic heterocycles. The van der Waals surface area contributed by atoms with E-state index in [2.05, 4.69) is 33.7 Å². The molecule has 0 atom stereocenters. The van der Waals surface area contributed by atoms with Gasteiger partial charge in [-0.1, -0.05) is 0 Å². The summed E-state index contributed by atoms with van der Waals surface area (Å²) in [6.45, 7) is 7.57. The van der Waals surface area contributed by atoms with Gasteiger partial charge in [0.1, 0.15) is 5.75 Å². The van der Waals surface area contributed by atoms with Gasteiger partial charge in [0.05, 0.1) is 6.61 Å². The Morgan fingerprint density at radius 2 is 2.16 bits per heavy atom. The van der Waals surface area contributed by atoms with Gasteiger partial charge >= 0.3 is 0 Å². The minimum atomic E-state index is 0.864. The van der Waals surface area contributed by atoms with Crippen LogP contribution in [0, 0.1) is 0 Å². The highest BCUT2D eigenvalue weighted by Crippen LogP contribution is 2.27. The zero-order chi connectivity index (χ0) is 12.9. The maximum Gasteiger partial charge on any atom is 0.122 e. The van der Waals surface area contributed by atoms with Crippen LogP contribution in [0.25, 0.3) is 0 Å². The predicted octanol–water partition coefficient (Wildman–Crippen LogP) is 1.33. The number of fused-ring (bicyclic) bond motifs is 1. The Morgan fingerprint density at radius 1 is 1.26 bits per heavy atom. The van der Waals surface area contributed by atoms with Crippen LogP contribution < -0.4 is 15.4 Å². The van der Waals surface area contributed by atoms with Gasteiger partial charge in [-0.05, 0) is 36.6 Å². The second-order valence-electron chi connectivity index (χ2n) is 5.29. The van der Waals surface area contributed by atoms with Crippen molar-refractivity contribution < 1.29 is 4.74 Å². The number of aryl methyl sites for hydroxylation is 1. The Labute approximate surface area is 115 Å². The van der Waals surface area contributed by atoms with E-state index in [0.29, 0.717) is 0 Å². The predicted molar refractivity (Wildman–Crippen MR) is 78.1 cm³/mol. The fourth-order valence-electron chi connectivity index (χ4n) is 2.76. The molecule has 0 saturated carbocycles. The summed E-state index contributed by atoms with van der Waals surface area (Å²) >= 11 is 0. The summed E-state index contributed by atoms with van der Waals surface area (Å²) in [4.78, 5) is 2.50. The minimum absolute atomic E-state index is 0.864. The van der Waals surface area contributed by atoms with E-state index >= 15 is 0 Å². The standard InChI is InChI=1S/C15H23N3O/c1-2-13-12-14(3-4-15(13)19-11-1)17-7-10-18-8-5-16-6-9-18/h3-4,12,16-17H,1-2,5-11H2. The molecule has 0 amide bonds. The lowest BCUT2D eigenvalue weighted by molar-refractivity contribution is 0.249. The van der Waals surface area contributed by atoms with Crippen molar-refractivity contribution in [2.24, 2.45) is 0 Å². The lowest BCUT2D eigenvalue weighted by Gasteiger charge is -2.27. The van der Waals surface area contributed by atoms with Crippen molar-refractivity contribution >= 4 is 5.69 Å². The molecule has 1 saturated heterocycles. The van der Waals surface area contributed by atoms with Gasteiger partial charge in [0.25, 0.3) is 0 Å². The monoisotopic (exact) mass is 261 g/mol. The maximum atomic E-state index is 5.64. The van der Waals surface area contributed by atoms with Crippen LogP contribution in [0.15, 0.2) is 18.2 Å². The quantitative estimate of drug-likeness (QED) is 0.857. The van der Waals surface area contributed by atoms with Crippen molar-refractivity contribution in [1.82, 2.24) is 10.2 Å². The zero-order valence-electron chi connectivity index (χ0n) is 11.5. The number of ether oxygens (including phenoxy) is 1. The maximum absolute atomic E-state index is 5.64. The lowest BCUT2D eigenvalue weighted by Crippen LogP contribution is -2.45. The van der Waals surface area contributed by atoms with E-state index in [9.17, 15) is 0 Å². The first kappa shape index (κ1) is 12.8. The van der Waals surface area contributed by atoms with Gasteiger partial charge in [-0.25, -0.2) is 0 Å². The molecule has 1 fully saturated rings. The van der Waals surface area contributed by atoms with Gasteiger partial charge in [0.2, 0.25) is 0 Å². The SMILES string of the molecule is c1cc2c(cc1NCCN1CCNCC1)CCCO2. The van der Waals surface area contributed by atoms with Crippen molar-refractivity contribution in [3.8, 4) is 5.75 Å². The molecule has 0 bridgehead atoms. The van der Waals surface area contributed by atoms with Crippen LogP contribution in [-0.4, -0.2) is 50.8 Å². The third-order valence-corrected chi connectivity index (χ3v) is 3.88. The van der Waals surface area contributed by atoms with Crippen LogP contribution in [0.3, 0.4) is 0 Å². The van der Waals surface area contributed by atoms with Crippen LogP contribution in [0.1, 0.15) is 12.0 Å². The van der Waals surface area contributed by atoms with E-state index in [4.69, 9.17) is 4.74 Å². The van der Waals surface area contributed by atoms with Crippen LogP contribution >= 0.6 is 0 Å². The van der Waals surface area contributed by atoms with Crippen LogP contribution in [0.5, 0.6) is 5.75 Å². The van der Waals surface area contributed by atoms with Gasteiger partial charge in [0, 0.05) is 45.0 Å². The highest BCUT2D eigenvalue weighted by Gasteiger charge is 2.11. The van der Waals surface area contributed by atoms with E-state index < -0.39 is 0 Å². The fraction of sp³-hybridized carbons (Fsp3) is 0.600. The summed E-state index contributed by atoms with van der Waals surface area (Å²) in [5.41, 5.74) is 2.57. The van der Waals surface area contributed by atoms with Gasteiger partial charge < -0.3 is 15.4 Å². The van der Waals surface area contributed by atoms with E-state index in [1.807, 2.05) is 0 Å². The fourth-order valence-corrected chi connectivity index (χ4v) is 2.76. The molecule has 2 N–H and O–H groups in total. The van der Waals surface area contributed by atoms with Gasteiger partial charge in [0.15, 0.2) is 0 Å². The number of anilines is 1. The minimum Gasteiger partial charge on any atom is -0.493 e. The summed E-state index contributed by atoms with van der Waals surface area (Å²) in [5.74, 6) is 1.07. The molecule has 2 heterocycles. The molecule has 2 aliphatic rings. The van der Waals surface area contributed by atoms with Crippen molar-refractivity contribution in [2.45, 2.75) is 12.8 Å². The largest absolute Gasteiger partial charge is 0.493 e. The Kier molecular flexibility index (Phi) is 4.20. The first-order valence-electron chi connectivity index (χ1n) is 7.34. The molecular formula is C15H23N3O. The van der Waals surface area contributed by atoms with E-state index in [-0.39, 0.29) is 0 Å². The second kappa shape index (κ2) is 6.26. The van der Waals surface area contributed by atoms with E-state index in [1.165, 1.54) is 24.3 Å². The molecule has 3 rings (SSSR count). The normalized spacial score (nSPS) is 19.6. The molecule has 0 radical (unpaired) electrons. The number of hydrogen-bond donors (Lipinski definition) is 2. The van der Waals surface area contributed by atoms with Gasteiger partial charge in [-0.3, -0.25) is 4.90 Å². The van der Waals surface area contributed by atoms with Crippen molar-refractivity contribution in [3.63, 3.8) is 0 Å². The van der Waals surface area contributed by atoms with Crippen LogP contribution in [-0.2, 0) is 6.42 Å². The summed E-state index contributed by atoms with van der Waals surface area (Å²) < 4.78 is 5.64. The van der Waals surface area contributed by atoms with Crippen molar-refractivity contribution in [1.29, 1.82) is 0 Å². The Bertz CT molecular complexity index is 416. The molecular weight excluding hydrogens is 238 g/mol. The molecule has 1 aromatic carbocycles. The number of benzene rings is 1. The number of nitrogens with one attached hydrogen (secondary N) is 2. The highest BCUT2D eigenvalue weighted by molar-refractivity contribution is 5.51. The summed E-state index contributed by atoms with van der Waals surface area (Å²) in [5, 5.41) is 6.91. The molecule has 0 aliphatic carbocycles. The third kappa shape index (κ3) is 3.39. The smallest absolute Gasteiger partial charge is 0.122 e. The first-order chi connectivity index (χ1) is 9.42. The Morgan fingerprint density at radius 3 is 3.05 bits per heavy atom. The molecule has 4 heteroatoms. The van der Waals surface area contributed by atoms with E-state index in [1.54, 1.807) is 0 Å². The summed E-state index contributed by atoms with van der Waals surface area (Å²) in [6.07, 6.45) is 2.28. The molecule has 4 nitrogen and oxygen atoms in total. The Hall–Kier alpha value is -1.26. The summed E-state index contributed by atoms with van der Waals surface area (Å²) in [7, 11) is 0. The molecule has 2 aliphatic heterocycles.